The molecule has 112 valence electrons. The van der Waals surface area contributed by atoms with Crippen LogP contribution in [0.5, 0.6) is 5.75 Å². The Kier molecular flexibility index (Phi) is 5.09. The van der Waals surface area contributed by atoms with Gasteiger partial charge in [-0.15, -0.1) is 0 Å². The number of rotatable bonds is 5. The van der Waals surface area contributed by atoms with E-state index in [4.69, 9.17) is 27.9 Å². The van der Waals surface area contributed by atoms with Crippen LogP contribution in [0.15, 0.2) is 24.4 Å². The van der Waals surface area contributed by atoms with Gasteiger partial charge in [0.2, 0.25) is 0 Å². The summed E-state index contributed by atoms with van der Waals surface area (Å²) >= 11 is 12.0. The first-order chi connectivity index (χ1) is 10.1. The minimum Gasteiger partial charge on any atom is -0.496 e. The fraction of sp³-hybridized carbons (Fsp3) is 0.286. The molecule has 0 saturated carbocycles. The maximum atomic E-state index is 12.3. The number of hydrogen-bond donors (Lipinski definition) is 1. The van der Waals surface area contributed by atoms with Crippen LogP contribution in [0.2, 0.25) is 10.0 Å². The van der Waals surface area contributed by atoms with Gasteiger partial charge in [-0.05, 0) is 25.1 Å². The molecule has 1 N–H and O–H groups in total. The van der Waals surface area contributed by atoms with Crippen LogP contribution in [0, 0.1) is 0 Å². The second-order valence-corrected chi connectivity index (χ2v) is 5.13. The lowest BCUT2D eigenvalue weighted by Gasteiger charge is -2.11. The lowest BCUT2D eigenvalue weighted by Crippen LogP contribution is -2.25. The molecule has 21 heavy (non-hydrogen) atoms. The van der Waals surface area contributed by atoms with Crippen molar-refractivity contribution in [3.63, 3.8) is 0 Å². The number of amides is 1. The topological polar surface area (TPSA) is 56.2 Å². The van der Waals surface area contributed by atoms with Gasteiger partial charge in [-0.25, -0.2) is 0 Å². The number of carbonyl (C=O) groups is 1. The average molecular weight is 328 g/mol. The van der Waals surface area contributed by atoms with Crippen molar-refractivity contribution >= 4 is 29.1 Å². The van der Waals surface area contributed by atoms with Gasteiger partial charge in [0.15, 0.2) is 0 Å². The van der Waals surface area contributed by atoms with Crippen LogP contribution in [-0.2, 0) is 13.1 Å². The van der Waals surface area contributed by atoms with Gasteiger partial charge in [0.25, 0.3) is 5.91 Å². The highest BCUT2D eigenvalue weighted by atomic mass is 35.5. The summed E-state index contributed by atoms with van der Waals surface area (Å²) in [7, 11) is 1.50. The number of halogens is 2. The molecule has 1 aromatic carbocycles. The Morgan fingerprint density at radius 3 is 2.86 bits per heavy atom. The van der Waals surface area contributed by atoms with Crippen molar-refractivity contribution in [3.8, 4) is 5.75 Å². The van der Waals surface area contributed by atoms with E-state index in [0.717, 1.165) is 5.69 Å². The standard InChI is InChI=1S/C14H15Cl2N3O2/c1-3-19-12(11(16)7-18-19)8-17-14(20)10-6-9(15)4-5-13(10)21-2/h4-7H,3,8H2,1-2H3,(H,17,20). The van der Waals surface area contributed by atoms with Gasteiger partial charge >= 0.3 is 0 Å². The Morgan fingerprint density at radius 2 is 2.19 bits per heavy atom. The van der Waals surface area contributed by atoms with Crippen molar-refractivity contribution in [1.29, 1.82) is 0 Å². The van der Waals surface area contributed by atoms with Crippen molar-refractivity contribution in [2.24, 2.45) is 0 Å². The third-order valence-corrected chi connectivity index (χ3v) is 3.57. The largest absolute Gasteiger partial charge is 0.496 e. The minimum absolute atomic E-state index is 0.279. The molecule has 1 amide bonds. The van der Waals surface area contributed by atoms with Gasteiger partial charge in [0.1, 0.15) is 5.75 Å². The first-order valence-electron chi connectivity index (χ1n) is 6.38. The number of benzene rings is 1. The number of hydrogen-bond acceptors (Lipinski definition) is 3. The summed E-state index contributed by atoms with van der Waals surface area (Å²) in [6, 6.07) is 4.88. The van der Waals surface area contributed by atoms with E-state index >= 15 is 0 Å². The smallest absolute Gasteiger partial charge is 0.255 e. The number of ether oxygens (including phenoxy) is 1. The van der Waals surface area contributed by atoms with Gasteiger partial charge in [-0.3, -0.25) is 9.48 Å². The summed E-state index contributed by atoms with van der Waals surface area (Å²) in [4.78, 5) is 12.3. The van der Waals surface area contributed by atoms with Crippen LogP contribution < -0.4 is 10.1 Å². The molecule has 1 aromatic heterocycles. The van der Waals surface area contributed by atoms with E-state index in [-0.39, 0.29) is 12.5 Å². The zero-order chi connectivity index (χ0) is 15.4. The third-order valence-electron chi connectivity index (χ3n) is 3.02. The van der Waals surface area contributed by atoms with Crippen molar-refractivity contribution in [2.75, 3.05) is 7.11 Å². The van der Waals surface area contributed by atoms with Crippen LogP contribution in [0.4, 0.5) is 0 Å². The predicted octanol–water partition coefficient (Wildman–Crippen LogP) is 3.15. The molecule has 2 rings (SSSR count). The number of methoxy groups -OCH3 is 1. The van der Waals surface area contributed by atoms with E-state index in [1.54, 1.807) is 29.1 Å². The van der Waals surface area contributed by atoms with E-state index in [9.17, 15) is 4.79 Å². The Labute approximate surface area is 132 Å². The second-order valence-electron chi connectivity index (χ2n) is 4.28. The molecule has 0 spiro atoms. The molecule has 7 heteroatoms. The Hall–Kier alpha value is -1.72. The zero-order valence-corrected chi connectivity index (χ0v) is 13.2. The number of nitrogens with one attached hydrogen (secondary N) is 1. The van der Waals surface area contributed by atoms with Crippen molar-refractivity contribution < 1.29 is 9.53 Å². The molecule has 0 radical (unpaired) electrons. The number of nitrogens with zero attached hydrogens (tertiary/aromatic N) is 2. The number of carbonyl (C=O) groups excluding carboxylic acids is 1. The molecule has 0 aliphatic rings. The molecule has 1 heterocycles. The zero-order valence-electron chi connectivity index (χ0n) is 11.7. The van der Waals surface area contributed by atoms with Crippen LogP contribution >= 0.6 is 23.2 Å². The first-order valence-corrected chi connectivity index (χ1v) is 7.14. The molecule has 0 unspecified atom stereocenters. The average Bonchev–Trinajstić information content (AvgIpc) is 2.85. The summed E-state index contributed by atoms with van der Waals surface area (Å²) in [5.41, 5.74) is 1.14. The maximum Gasteiger partial charge on any atom is 0.255 e. The lowest BCUT2D eigenvalue weighted by atomic mass is 10.2. The highest BCUT2D eigenvalue weighted by molar-refractivity contribution is 6.31. The van der Waals surface area contributed by atoms with Crippen LogP contribution in [0.25, 0.3) is 0 Å². The molecule has 0 aliphatic carbocycles. The van der Waals surface area contributed by atoms with Crippen molar-refractivity contribution in [3.05, 3.63) is 45.7 Å². The molecular weight excluding hydrogens is 313 g/mol. The molecule has 2 aromatic rings. The van der Waals surface area contributed by atoms with Gasteiger partial charge < -0.3 is 10.1 Å². The Bertz CT molecular complexity index is 656. The fourth-order valence-corrected chi connectivity index (χ4v) is 2.33. The van der Waals surface area contributed by atoms with E-state index < -0.39 is 0 Å². The monoisotopic (exact) mass is 327 g/mol. The summed E-state index contributed by atoms with van der Waals surface area (Å²) < 4.78 is 6.90. The molecular formula is C14H15Cl2N3O2. The van der Waals surface area contributed by atoms with Crippen molar-refractivity contribution in [1.82, 2.24) is 15.1 Å². The maximum absolute atomic E-state index is 12.3. The second kappa shape index (κ2) is 6.83. The van der Waals surface area contributed by atoms with Gasteiger partial charge in [0.05, 0.1) is 36.1 Å². The first kappa shape index (κ1) is 15.7. The quantitative estimate of drug-likeness (QED) is 0.917. The Balaban J connectivity index is 2.15. The number of aryl methyl sites for hydroxylation is 1. The summed E-state index contributed by atoms with van der Waals surface area (Å²) in [6.45, 7) is 2.91. The molecule has 0 atom stereocenters. The van der Waals surface area contributed by atoms with Gasteiger partial charge in [0, 0.05) is 11.6 Å². The third kappa shape index (κ3) is 3.49. The Morgan fingerprint density at radius 1 is 1.43 bits per heavy atom. The minimum atomic E-state index is -0.283. The van der Waals surface area contributed by atoms with E-state index in [2.05, 4.69) is 10.4 Å². The normalized spacial score (nSPS) is 10.5. The highest BCUT2D eigenvalue weighted by Crippen LogP contribution is 2.23. The SMILES string of the molecule is CCn1ncc(Cl)c1CNC(=O)c1cc(Cl)ccc1OC. The molecule has 5 nitrogen and oxygen atoms in total. The molecule has 0 fully saturated rings. The van der Waals surface area contributed by atoms with Crippen LogP contribution in [0.3, 0.4) is 0 Å². The van der Waals surface area contributed by atoms with E-state index in [1.807, 2.05) is 6.92 Å². The molecule has 0 aliphatic heterocycles. The fourth-order valence-electron chi connectivity index (χ4n) is 1.95. The van der Waals surface area contributed by atoms with E-state index in [0.29, 0.717) is 27.9 Å². The summed E-state index contributed by atoms with van der Waals surface area (Å²) in [5.74, 6) is 0.182. The lowest BCUT2D eigenvalue weighted by molar-refractivity contribution is 0.0947. The van der Waals surface area contributed by atoms with Crippen molar-refractivity contribution in [2.45, 2.75) is 20.0 Å². The van der Waals surface area contributed by atoms with E-state index in [1.165, 1.54) is 7.11 Å². The van der Waals surface area contributed by atoms with Crippen LogP contribution in [0.1, 0.15) is 23.0 Å². The number of aromatic nitrogens is 2. The van der Waals surface area contributed by atoms with Crippen LogP contribution in [-0.4, -0.2) is 22.8 Å². The molecule has 0 saturated heterocycles. The predicted molar refractivity (Wildman–Crippen MR) is 82.1 cm³/mol. The molecule has 0 bridgehead atoms. The summed E-state index contributed by atoms with van der Waals surface area (Å²) in [6.07, 6.45) is 1.56. The summed E-state index contributed by atoms with van der Waals surface area (Å²) in [5, 5.41) is 7.91. The highest BCUT2D eigenvalue weighted by Gasteiger charge is 2.15. The van der Waals surface area contributed by atoms with Gasteiger partial charge in [-0.2, -0.15) is 5.10 Å². The van der Waals surface area contributed by atoms with Gasteiger partial charge in [-0.1, -0.05) is 23.2 Å².